The van der Waals surface area contributed by atoms with Crippen LogP contribution in [0.4, 0.5) is 13.2 Å². The van der Waals surface area contributed by atoms with Crippen LogP contribution in [0.15, 0.2) is 30.7 Å². The molecule has 7 unspecified atom stereocenters. The Labute approximate surface area is 189 Å². The minimum atomic E-state index is -4.48. The number of alkyl halides is 2. The van der Waals surface area contributed by atoms with Crippen molar-refractivity contribution in [2.75, 3.05) is 6.26 Å². The number of hydrogen-bond donors (Lipinski definition) is 3. The lowest BCUT2D eigenvalue weighted by Gasteiger charge is -2.42. The molecule has 4 bridgehead atoms. The first kappa shape index (κ1) is 22.8. The average Bonchev–Trinajstić information content (AvgIpc) is 3.40. The molecule has 7 atom stereocenters. The van der Waals surface area contributed by atoms with Crippen LogP contribution in [-0.4, -0.2) is 53.0 Å². The zero-order valence-electron chi connectivity index (χ0n) is 17.8. The maximum atomic E-state index is 16.1. The number of aromatic nitrogens is 2. The zero-order chi connectivity index (χ0) is 23.8. The first-order chi connectivity index (χ1) is 15.4. The lowest BCUT2D eigenvalue weighted by molar-refractivity contribution is -0.214. The maximum absolute atomic E-state index is 16.1. The van der Waals surface area contributed by atoms with Crippen molar-refractivity contribution in [1.29, 1.82) is 0 Å². The lowest BCUT2D eigenvalue weighted by atomic mass is 9.69. The number of benzene rings is 1. The Bertz CT molecular complexity index is 1160. The molecule has 11 heteroatoms. The number of imidazole rings is 1. The second-order valence-electron chi connectivity index (χ2n) is 9.76. The lowest BCUT2D eigenvalue weighted by Crippen LogP contribution is -2.52. The Kier molecular flexibility index (Phi) is 5.20. The van der Waals surface area contributed by atoms with Crippen LogP contribution in [0, 0.1) is 29.0 Å². The predicted molar refractivity (Wildman–Crippen MR) is 111 cm³/mol. The summed E-state index contributed by atoms with van der Waals surface area (Å²) in [5, 5.41) is 21.7. The van der Waals surface area contributed by atoms with Gasteiger partial charge in [-0.3, -0.25) is 4.18 Å². The fourth-order valence-corrected chi connectivity index (χ4v) is 7.30. The molecule has 4 aliphatic rings. The summed E-state index contributed by atoms with van der Waals surface area (Å²) < 4.78 is 76.2. The van der Waals surface area contributed by atoms with Crippen LogP contribution < -0.4 is 0 Å². The van der Waals surface area contributed by atoms with E-state index in [9.17, 15) is 18.6 Å². The highest BCUT2D eigenvalue weighted by molar-refractivity contribution is 7.86. The van der Waals surface area contributed by atoms with Crippen LogP contribution in [0.1, 0.15) is 37.4 Å². The van der Waals surface area contributed by atoms with E-state index < -0.39 is 57.1 Å². The van der Waals surface area contributed by atoms with Crippen molar-refractivity contribution in [3.05, 3.63) is 42.1 Å². The number of nitrogens with one attached hydrogen (secondary N) is 1. The van der Waals surface area contributed by atoms with E-state index in [2.05, 4.69) is 9.97 Å². The highest BCUT2D eigenvalue weighted by Gasteiger charge is 2.70. The summed E-state index contributed by atoms with van der Waals surface area (Å²) in [6, 6.07) is 3.58. The van der Waals surface area contributed by atoms with Crippen molar-refractivity contribution in [2.24, 2.45) is 23.2 Å². The van der Waals surface area contributed by atoms with E-state index >= 15 is 13.2 Å². The first-order valence-corrected chi connectivity index (χ1v) is 12.6. The quantitative estimate of drug-likeness (QED) is 0.519. The number of halogens is 3. The summed E-state index contributed by atoms with van der Waals surface area (Å²) >= 11 is 0. The number of aliphatic hydroxyl groups is 2. The Balaban J connectivity index is 1.62. The number of hydrogen-bond acceptors (Lipinski definition) is 6. The third kappa shape index (κ3) is 3.51. The van der Waals surface area contributed by atoms with Gasteiger partial charge in [0, 0.05) is 16.5 Å². The highest BCUT2D eigenvalue weighted by Crippen LogP contribution is 2.68. The van der Waals surface area contributed by atoms with Crippen molar-refractivity contribution < 1.29 is 36.0 Å². The number of rotatable bonds is 7. The number of aliphatic hydroxyl groups excluding tert-OH is 2. The molecular formula is C22H25F3N2O5S. The maximum Gasteiger partial charge on any atom is 0.305 e. The van der Waals surface area contributed by atoms with E-state index in [1.54, 1.807) is 0 Å². The predicted octanol–water partition coefficient (Wildman–Crippen LogP) is 3.03. The summed E-state index contributed by atoms with van der Waals surface area (Å²) in [6.07, 6.45) is -0.815. The molecule has 1 heterocycles. The van der Waals surface area contributed by atoms with Crippen molar-refractivity contribution in [2.45, 2.75) is 49.9 Å². The molecular weight excluding hydrogens is 461 g/mol. The Morgan fingerprint density at radius 3 is 2.73 bits per heavy atom. The SMILES string of the molecule is CS(=O)(=O)OC(c1c(F)cccc1-c1cnc[nH]1)C(F)(F)C(O)C12CC3CC(C1)C(O)C2C3. The van der Waals surface area contributed by atoms with Crippen molar-refractivity contribution in [1.82, 2.24) is 9.97 Å². The van der Waals surface area contributed by atoms with E-state index in [1.165, 1.54) is 24.7 Å². The molecule has 4 saturated carbocycles. The molecule has 0 radical (unpaired) electrons. The second kappa shape index (κ2) is 7.53. The normalized spacial score (nSPS) is 32.9. The molecule has 1 aromatic carbocycles. The minimum Gasteiger partial charge on any atom is -0.393 e. The summed E-state index contributed by atoms with van der Waals surface area (Å²) in [7, 11) is -4.48. The molecule has 4 fully saturated rings. The van der Waals surface area contributed by atoms with Crippen LogP contribution >= 0.6 is 0 Å². The fourth-order valence-electron chi connectivity index (χ4n) is 6.72. The first-order valence-electron chi connectivity index (χ1n) is 10.8. The van der Waals surface area contributed by atoms with Crippen molar-refractivity contribution >= 4 is 10.1 Å². The van der Waals surface area contributed by atoms with Gasteiger partial charge in [0.1, 0.15) is 11.9 Å². The van der Waals surface area contributed by atoms with Gasteiger partial charge in [-0.1, -0.05) is 12.1 Å². The molecule has 2 aromatic rings. The van der Waals surface area contributed by atoms with Gasteiger partial charge in [-0.2, -0.15) is 8.42 Å². The Morgan fingerprint density at radius 2 is 2.06 bits per heavy atom. The zero-order valence-corrected chi connectivity index (χ0v) is 18.6. The molecule has 4 aliphatic carbocycles. The van der Waals surface area contributed by atoms with Gasteiger partial charge in [0.05, 0.1) is 30.6 Å². The fraction of sp³-hybridized carbons (Fsp3) is 0.591. The van der Waals surface area contributed by atoms with Crippen LogP contribution in [0.25, 0.3) is 11.3 Å². The summed E-state index contributed by atoms with van der Waals surface area (Å²) in [6.45, 7) is 0. The molecule has 33 heavy (non-hydrogen) atoms. The van der Waals surface area contributed by atoms with Gasteiger partial charge < -0.3 is 15.2 Å². The van der Waals surface area contributed by atoms with Gasteiger partial charge in [-0.25, -0.2) is 18.2 Å². The number of H-pyrrole nitrogens is 1. The average molecular weight is 487 g/mol. The monoisotopic (exact) mass is 486 g/mol. The highest BCUT2D eigenvalue weighted by atomic mass is 32.2. The Hall–Kier alpha value is -1.95. The number of aromatic amines is 1. The largest absolute Gasteiger partial charge is 0.393 e. The minimum absolute atomic E-state index is 0.0530. The third-order valence-electron chi connectivity index (χ3n) is 7.80. The molecule has 6 rings (SSSR count). The second-order valence-corrected chi connectivity index (χ2v) is 11.4. The standard InChI is InChI=1S/C22H25F3N2O5S/c1-33(30,31)32-19(17-13(3-2-4-15(17)23)16-9-26-10-27-16)22(24,25)20(29)21-7-11-5-12(8-21)18(28)14(21)6-11/h2-4,9-12,14,18-20,28-29H,5-8H2,1H3,(H,26,27). The topological polar surface area (TPSA) is 113 Å². The van der Waals surface area contributed by atoms with E-state index in [0.717, 1.165) is 12.5 Å². The van der Waals surface area contributed by atoms with E-state index in [-0.39, 0.29) is 29.5 Å². The van der Waals surface area contributed by atoms with Crippen LogP contribution in [0.2, 0.25) is 0 Å². The van der Waals surface area contributed by atoms with E-state index in [1.807, 2.05) is 0 Å². The van der Waals surface area contributed by atoms with Crippen molar-refractivity contribution in [3.8, 4) is 11.3 Å². The summed E-state index contributed by atoms with van der Waals surface area (Å²) in [4.78, 5) is 6.53. The van der Waals surface area contributed by atoms with Gasteiger partial charge in [-0.15, -0.1) is 0 Å². The molecule has 0 amide bonds. The van der Waals surface area contributed by atoms with Gasteiger partial charge >= 0.3 is 5.92 Å². The molecule has 3 N–H and O–H groups in total. The van der Waals surface area contributed by atoms with Crippen LogP contribution in [0.3, 0.4) is 0 Å². The van der Waals surface area contributed by atoms with Crippen molar-refractivity contribution in [3.63, 3.8) is 0 Å². The molecule has 0 saturated heterocycles. The molecule has 1 aromatic heterocycles. The van der Waals surface area contributed by atoms with Crippen LogP contribution in [-0.2, 0) is 14.3 Å². The molecule has 7 nitrogen and oxygen atoms in total. The van der Waals surface area contributed by atoms with Gasteiger partial charge in [-0.05, 0) is 49.5 Å². The van der Waals surface area contributed by atoms with E-state index in [4.69, 9.17) is 4.18 Å². The van der Waals surface area contributed by atoms with Crippen LogP contribution in [0.5, 0.6) is 0 Å². The third-order valence-corrected chi connectivity index (χ3v) is 8.34. The smallest absolute Gasteiger partial charge is 0.305 e. The summed E-state index contributed by atoms with van der Waals surface area (Å²) in [5.41, 5.74) is -1.84. The Morgan fingerprint density at radius 1 is 1.30 bits per heavy atom. The van der Waals surface area contributed by atoms with E-state index in [0.29, 0.717) is 19.1 Å². The van der Waals surface area contributed by atoms with Gasteiger partial charge in [0.25, 0.3) is 10.1 Å². The van der Waals surface area contributed by atoms with Gasteiger partial charge in [0.15, 0.2) is 6.10 Å². The molecule has 0 spiro atoms. The number of nitrogens with zero attached hydrogens (tertiary/aromatic N) is 1. The summed E-state index contributed by atoms with van der Waals surface area (Å²) in [5.74, 6) is -5.87. The molecule has 0 aliphatic heterocycles. The molecule has 180 valence electrons. The van der Waals surface area contributed by atoms with Gasteiger partial charge in [0.2, 0.25) is 0 Å².